The fourth-order valence-corrected chi connectivity index (χ4v) is 3.08. The van der Waals surface area contributed by atoms with Gasteiger partial charge < -0.3 is 10.6 Å². The van der Waals surface area contributed by atoms with Gasteiger partial charge in [-0.3, -0.25) is 4.79 Å². The number of rotatable bonds is 6. The largest absolute Gasteiger partial charge is 0.372 e. The molecule has 1 aromatic heterocycles. The number of aromatic nitrogens is 1. The lowest BCUT2D eigenvalue weighted by Crippen LogP contribution is -2.39. The number of nitrogens with one attached hydrogen (secondary N) is 3. The summed E-state index contributed by atoms with van der Waals surface area (Å²) >= 11 is 3.17. The van der Waals surface area contributed by atoms with Gasteiger partial charge in [-0.1, -0.05) is 0 Å². The molecule has 0 aliphatic rings. The van der Waals surface area contributed by atoms with E-state index in [1.165, 1.54) is 12.3 Å². The van der Waals surface area contributed by atoms with Crippen molar-refractivity contribution in [3.63, 3.8) is 0 Å². The molecule has 0 spiro atoms. The first-order chi connectivity index (χ1) is 9.26. The number of pyridine rings is 1. The summed E-state index contributed by atoms with van der Waals surface area (Å²) in [5, 5.41) is 5.30. The van der Waals surface area contributed by atoms with Gasteiger partial charge in [0.1, 0.15) is 10.7 Å². The Kier molecular flexibility index (Phi) is 5.90. The Morgan fingerprint density at radius 2 is 2.10 bits per heavy atom. The smallest absolute Gasteiger partial charge is 0.244 e. The summed E-state index contributed by atoms with van der Waals surface area (Å²) in [6, 6.07) is 1.37. The molecule has 0 saturated carbocycles. The van der Waals surface area contributed by atoms with Gasteiger partial charge in [-0.2, -0.15) is 0 Å². The van der Waals surface area contributed by atoms with Crippen LogP contribution in [-0.2, 0) is 14.8 Å². The number of carbonyl (C=O) groups is 1. The van der Waals surface area contributed by atoms with Crippen LogP contribution in [0.5, 0.6) is 0 Å². The van der Waals surface area contributed by atoms with E-state index in [0.29, 0.717) is 4.47 Å². The van der Waals surface area contributed by atoms with Crippen molar-refractivity contribution < 1.29 is 13.2 Å². The Morgan fingerprint density at radius 1 is 1.45 bits per heavy atom. The molecule has 0 saturated heterocycles. The second kappa shape index (κ2) is 7.00. The average Bonchev–Trinajstić information content (AvgIpc) is 2.36. The maximum Gasteiger partial charge on any atom is 0.244 e. The summed E-state index contributed by atoms with van der Waals surface area (Å²) in [6.45, 7) is 3.27. The number of nitrogens with zero attached hydrogens (tertiary/aromatic N) is 1. The molecule has 0 atom stereocenters. The molecule has 1 heterocycles. The second-order valence-electron chi connectivity index (χ2n) is 4.30. The second-order valence-corrected chi connectivity index (χ2v) is 6.95. The first-order valence-electron chi connectivity index (χ1n) is 5.88. The van der Waals surface area contributed by atoms with Crippen LogP contribution >= 0.6 is 15.9 Å². The highest BCUT2D eigenvalue weighted by Gasteiger charge is 2.20. The molecule has 1 aromatic rings. The predicted molar refractivity (Wildman–Crippen MR) is 80.0 cm³/mol. The zero-order chi connectivity index (χ0) is 15.3. The number of amides is 1. The highest BCUT2D eigenvalue weighted by molar-refractivity contribution is 9.10. The van der Waals surface area contributed by atoms with Gasteiger partial charge in [0.15, 0.2) is 0 Å². The molecular formula is C11H17BrN4O3S. The number of sulfonamides is 1. The lowest BCUT2D eigenvalue weighted by atomic mass is 10.4. The fraction of sp³-hybridized carbons (Fsp3) is 0.455. The van der Waals surface area contributed by atoms with Gasteiger partial charge in [-0.05, 0) is 35.8 Å². The predicted octanol–water partition coefficient (Wildman–Crippen LogP) is 0.689. The van der Waals surface area contributed by atoms with E-state index in [1.54, 1.807) is 20.9 Å². The van der Waals surface area contributed by atoms with Crippen LogP contribution in [0.2, 0.25) is 0 Å². The van der Waals surface area contributed by atoms with Gasteiger partial charge in [0.05, 0.1) is 6.54 Å². The van der Waals surface area contributed by atoms with Crippen LogP contribution < -0.4 is 15.4 Å². The minimum Gasteiger partial charge on any atom is -0.372 e. The Balaban J connectivity index is 2.89. The van der Waals surface area contributed by atoms with Crippen LogP contribution in [0.15, 0.2) is 21.6 Å². The van der Waals surface area contributed by atoms with Crippen LogP contribution in [-0.4, -0.2) is 38.9 Å². The van der Waals surface area contributed by atoms with Gasteiger partial charge >= 0.3 is 0 Å². The van der Waals surface area contributed by atoms with Crippen molar-refractivity contribution in [3.8, 4) is 0 Å². The summed E-state index contributed by atoms with van der Waals surface area (Å²) in [5.41, 5.74) is 0. The van der Waals surface area contributed by atoms with E-state index in [0.717, 1.165) is 0 Å². The molecule has 0 unspecified atom stereocenters. The van der Waals surface area contributed by atoms with Gasteiger partial charge in [-0.15, -0.1) is 0 Å². The van der Waals surface area contributed by atoms with E-state index in [1.807, 2.05) is 0 Å². The molecule has 3 N–H and O–H groups in total. The van der Waals surface area contributed by atoms with Crippen LogP contribution in [0.4, 0.5) is 5.82 Å². The third-order valence-electron chi connectivity index (χ3n) is 2.22. The van der Waals surface area contributed by atoms with E-state index in [4.69, 9.17) is 0 Å². The molecule has 1 amide bonds. The summed E-state index contributed by atoms with van der Waals surface area (Å²) in [5.74, 6) is -0.178. The molecular weight excluding hydrogens is 348 g/mol. The highest BCUT2D eigenvalue weighted by Crippen LogP contribution is 2.22. The number of hydrogen-bond acceptors (Lipinski definition) is 5. The summed E-state index contributed by atoms with van der Waals surface area (Å²) in [7, 11) is -2.25. The third kappa shape index (κ3) is 4.73. The maximum absolute atomic E-state index is 12.2. The highest BCUT2D eigenvalue weighted by atomic mass is 79.9. The van der Waals surface area contributed by atoms with Crippen molar-refractivity contribution in [2.75, 3.05) is 18.9 Å². The topological polar surface area (TPSA) is 100 Å². The van der Waals surface area contributed by atoms with Crippen LogP contribution in [0.3, 0.4) is 0 Å². The molecule has 1 rings (SSSR count). The van der Waals surface area contributed by atoms with E-state index in [-0.39, 0.29) is 23.3 Å². The van der Waals surface area contributed by atoms with E-state index >= 15 is 0 Å². The molecule has 0 fully saturated rings. The monoisotopic (exact) mass is 364 g/mol. The summed E-state index contributed by atoms with van der Waals surface area (Å²) < 4.78 is 27.1. The lowest BCUT2D eigenvalue weighted by molar-refractivity contribution is -0.120. The minimum absolute atomic E-state index is 0.0216. The van der Waals surface area contributed by atoms with Crippen LogP contribution in [0.25, 0.3) is 0 Å². The first kappa shape index (κ1) is 16.9. The first-order valence-corrected chi connectivity index (χ1v) is 8.16. The molecule has 0 aliphatic carbocycles. The van der Waals surface area contributed by atoms with Crippen molar-refractivity contribution >= 4 is 37.7 Å². The van der Waals surface area contributed by atoms with E-state index in [2.05, 4.69) is 36.3 Å². The molecule has 7 nitrogen and oxygen atoms in total. The zero-order valence-corrected chi connectivity index (χ0v) is 13.8. The van der Waals surface area contributed by atoms with Crippen molar-refractivity contribution in [2.24, 2.45) is 0 Å². The Morgan fingerprint density at radius 3 is 2.65 bits per heavy atom. The molecule has 0 aromatic carbocycles. The van der Waals surface area contributed by atoms with Gasteiger partial charge in [0.25, 0.3) is 0 Å². The Labute approximate surface area is 126 Å². The normalized spacial score (nSPS) is 11.4. The minimum atomic E-state index is -3.82. The van der Waals surface area contributed by atoms with Crippen molar-refractivity contribution in [1.82, 2.24) is 15.0 Å². The molecule has 0 radical (unpaired) electrons. The third-order valence-corrected chi connectivity index (χ3v) is 4.07. The van der Waals surface area contributed by atoms with Crippen LogP contribution in [0, 0.1) is 0 Å². The summed E-state index contributed by atoms with van der Waals surface area (Å²) in [4.78, 5) is 15.4. The van der Waals surface area contributed by atoms with Gasteiger partial charge in [-0.25, -0.2) is 18.1 Å². The van der Waals surface area contributed by atoms with E-state index < -0.39 is 15.9 Å². The summed E-state index contributed by atoms with van der Waals surface area (Å²) in [6.07, 6.45) is 1.48. The Bertz CT molecular complexity index is 589. The molecule has 0 aliphatic heterocycles. The molecule has 20 heavy (non-hydrogen) atoms. The molecule has 112 valence electrons. The lowest BCUT2D eigenvalue weighted by Gasteiger charge is -2.12. The quantitative estimate of drug-likeness (QED) is 0.689. The zero-order valence-electron chi connectivity index (χ0n) is 11.4. The fourth-order valence-electron chi connectivity index (χ4n) is 1.42. The van der Waals surface area contributed by atoms with Gasteiger partial charge in [0, 0.05) is 23.8 Å². The molecule has 0 bridgehead atoms. The van der Waals surface area contributed by atoms with E-state index in [9.17, 15) is 13.2 Å². The van der Waals surface area contributed by atoms with Crippen molar-refractivity contribution in [1.29, 1.82) is 0 Å². The number of carbonyl (C=O) groups excluding carboxylic acids is 1. The number of hydrogen-bond donors (Lipinski definition) is 3. The van der Waals surface area contributed by atoms with Crippen molar-refractivity contribution in [2.45, 2.75) is 24.8 Å². The average molecular weight is 365 g/mol. The van der Waals surface area contributed by atoms with Gasteiger partial charge in [0.2, 0.25) is 15.9 Å². The van der Waals surface area contributed by atoms with Crippen LogP contribution in [0.1, 0.15) is 13.8 Å². The standard InChI is InChI=1S/C11H17BrN4O3S/c1-7(2)16-10(17)6-15-20(18,19)9-4-8(12)5-14-11(9)13-3/h4-5,7,15H,6H2,1-3H3,(H,13,14)(H,16,17). The van der Waals surface area contributed by atoms with Crippen molar-refractivity contribution in [3.05, 3.63) is 16.7 Å². The Hall–Kier alpha value is -1.19. The number of anilines is 1. The SMILES string of the molecule is CNc1ncc(Br)cc1S(=O)(=O)NCC(=O)NC(C)C. The maximum atomic E-state index is 12.2. The number of halogens is 1. The molecule has 9 heteroatoms.